The number of aromatic nitrogens is 6. The molecule has 0 amide bonds. The van der Waals surface area contributed by atoms with E-state index in [-0.39, 0.29) is 5.56 Å². The lowest BCUT2D eigenvalue weighted by molar-refractivity contribution is 1.16. The molecule has 34 heavy (non-hydrogen) atoms. The zero-order valence-corrected chi connectivity index (χ0v) is 19.3. The Balaban J connectivity index is 0.000000142. The first-order valence-corrected chi connectivity index (χ1v) is 11.1. The van der Waals surface area contributed by atoms with Gasteiger partial charge in [-0.05, 0) is 25.0 Å². The molecular formula is C26H21ClN6O. The van der Waals surface area contributed by atoms with Crippen LogP contribution in [-0.2, 0) is 0 Å². The maximum atomic E-state index is 11.9. The highest BCUT2D eigenvalue weighted by Gasteiger charge is 2.11. The topological polar surface area (TPSA) is 103 Å². The molecule has 0 saturated heterocycles. The van der Waals surface area contributed by atoms with Gasteiger partial charge in [-0.25, -0.2) is 15.0 Å². The highest BCUT2D eigenvalue weighted by molar-refractivity contribution is 6.34. The second-order valence-electron chi connectivity index (χ2n) is 7.88. The number of benzene rings is 2. The molecule has 0 saturated carbocycles. The van der Waals surface area contributed by atoms with Gasteiger partial charge >= 0.3 is 0 Å². The van der Waals surface area contributed by atoms with Gasteiger partial charge in [0.1, 0.15) is 22.3 Å². The van der Waals surface area contributed by atoms with Crippen molar-refractivity contribution in [2.24, 2.45) is 0 Å². The van der Waals surface area contributed by atoms with E-state index in [1.165, 1.54) is 0 Å². The van der Waals surface area contributed by atoms with Crippen molar-refractivity contribution in [3.05, 3.63) is 99.7 Å². The molecule has 0 aliphatic heterocycles. The van der Waals surface area contributed by atoms with Crippen LogP contribution in [0.15, 0.2) is 77.9 Å². The molecule has 0 aliphatic rings. The summed E-state index contributed by atoms with van der Waals surface area (Å²) < 4.78 is 0. The third-order valence-corrected chi connectivity index (χ3v) is 5.78. The second kappa shape index (κ2) is 8.96. The van der Waals surface area contributed by atoms with Crippen molar-refractivity contribution in [2.75, 3.05) is 0 Å². The Morgan fingerprint density at radius 2 is 1.26 bits per heavy atom. The number of nitrogens with zero attached hydrogens (tertiary/aromatic N) is 3. The van der Waals surface area contributed by atoms with E-state index in [1.807, 2.05) is 80.7 Å². The van der Waals surface area contributed by atoms with Gasteiger partial charge in [-0.1, -0.05) is 72.3 Å². The molecule has 0 fully saturated rings. The van der Waals surface area contributed by atoms with Crippen molar-refractivity contribution in [3.8, 4) is 22.8 Å². The van der Waals surface area contributed by atoms with Crippen LogP contribution in [0.2, 0.25) is 5.15 Å². The number of H-pyrrole nitrogens is 3. The molecule has 0 aliphatic carbocycles. The number of halogens is 1. The number of aryl methyl sites for hydroxylation is 2. The molecule has 0 spiro atoms. The van der Waals surface area contributed by atoms with Gasteiger partial charge in [0.25, 0.3) is 5.56 Å². The zero-order valence-electron chi connectivity index (χ0n) is 18.6. The maximum absolute atomic E-state index is 11.9. The van der Waals surface area contributed by atoms with Gasteiger partial charge in [-0.15, -0.1) is 0 Å². The predicted molar refractivity (Wildman–Crippen MR) is 136 cm³/mol. The van der Waals surface area contributed by atoms with Crippen LogP contribution in [0.1, 0.15) is 11.1 Å². The Labute approximate surface area is 199 Å². The summed E-state index contributed by atoms with van der Waals surface area (Å²) in [5, 5.41) is 2.02. The van der Waals surface area contributed by atoms with Crippen molar-refractivity contribution in [1.82, 2.24) is 29.9 Å². The van der Waals surface area contributed by atoms with Gasteiger partial charge in [-0.3, -0.25) is 4.79 Å². The summed E-state index contributed by atoms with van der Waals surface area (Å²) in [5.41, 5.74) is 5.14. The number of hydrogen-bond donors (Lipinski definition) is 3. The lowest BCUT2D eigenvalue weighted by Gasteiger charge is -2.01. The molecule has 0 unspecified atom stereocenters. The van der Waals surface area contributed by atoms with Crippen molar-refractivity contribution < 1.29 is 0 Å². The SMILES string of the molecule is Cc1c[nH]c2nc(-c3ccccc3)[nH]c(=O)c12.Cc1c[nH]c2nc(-c3ccccc3)nc(Cl)c12. The summed E-state index contributed by atoms with van der Waals surface area (Å²) in [6.45, 7) is 3.87. The number of nitrogens with one attached hydrogen (secondary N) is 3. The molecule has 0 radical (unpaired) electrons. The zero-order chi connectivity index (χ0) is 23.7. The van der Waals surface area contributed by atoms with Crippen LogP contribution in [0.25, 0.3) is 44.8 Å². The normalized spacial score (nSPS) is 10.9. The molecule has 8 heteroatoms. The summed E-state index contributed by atoms with van der Waals surface area (Å²) in [5.74, 6) is 1.23. The Kier molecular flexibility index (Phi) is 5.69. The van der Waals surface area contributed by atoms with Crippen molar-refractivity contribution >= 4 is 33.7 Å². The fourth-order valence-electron chi connectivity index (χ4n) is 3.78. The number of hydrogen-bond acceptors (Lipinski definition) is 4. The van der Waals surface area contributed by atoms with Crippen LogP contribution in [0, 0.1) is 13.8 Å². The molecular weight excluding hydrogens is 448 g/mol. The first kappa shape index (κ1) is 21.6. The van der Waals surface area contributed by atoms with E-state index in [9.17, 15) is 4.79 Å². The number of rotatable bonds is 2. The smallest absolute Gasteiger partial charge is 0.260 e. The molecule has 0 atom stereocenters. The summed E-state index contributed by atoms with van der Waals surface area (Å²) in [6.07, 6.45) is 3.68. The largest absolute Gasteiger partial charge is 0.346 e. The average molecular weight is 469 g/mol. The third-order valence-electron chi connectivity index (χ3n) is 5.50. The van der Waals surface area contributed by atoms with Crippen LogP contribution in [0.5, 0.6) is 0 Å². The first-order chi connectivity index (χ1) is 16.5. The summed E-state index contributed by atoms with van der Waals surface area (Å²) in [4.78, 5) is 34.1. The molecule has 168 valence electrons. The van der Waals surface area contributed by atoms with Gasteiger partial charge in [0.2, 0.25) is 0 Å². The molecule has 2 aromatic carbocycles. The van der Waals surface area contributed by atoms with Crippen molar-refractivity contribution in [1.29, 1.82) is 0 Å². The van der Waals surface area contributed by atoms with Gasteiger partial charge in [0, 0.05) is 23.5 Å². The van der Waals surface area contributed by atoms with Crippen LogP contribution in [0.3, 0.4) is 0 Å². The predicted octanol–water partition coefficient (Wildman–Crippen LogP) is 5.81. The second-order valence-corrected chi connectivity index (χ2v) is 8.23. The van der Waals surface area contributed by atoms with E-state index in [4.69, 9.17) is 11.6 Å². The summed E-state index contributed by atoms with van der Waals surface area (Å²) in [7, 11) is 0. The average Bonchev–Trinajstić information content (AvgIpc) is 3.43. The Morgan fingerprint density at radius 3 is 1.91 bits per heavy atom. The minimum Gasteiger partial charge on any atom is -0.346 e. The lowest BCUT2D eigenvalue weighted by Crippen LogP contribution is -2.09. The van der Waals surface area contributed by atoms with Crippen LogP contribution < -0.4 is 5.56 Å². The van der Waals surface area contributed by atoms with Gasteiger partial charge in [0.15, 0.2) is 5.82 Å². The fraction of sp³-hybridized carbons (Fsp3) is 0.0769. The molecule has 4 aromatic heterocycles. The van der Waals surface area contributed by atoms with Crippen LogP contribution in [-0.4, -0.2) is 29.9 Å². The summed E-state index contributed by atoms with van der Waals surface area (Å²) in [6, 6.07) is 19.4. The summed E-state index contributed by atoms with van der Waals surface area (Å²) >= 11 is 6.19. The Bertz CT molecular complexity index is 1650. The molecule has 7 nitrogen and oxygen atoms in total. The molecule has 6 rings (SSSR count). The quantitative estimate of drug-likeness (QED) is 0.279. The maximum Gasteiger partial charge on any atom is 0.260 e. The minimum absolute atomic E-state index is 0.104. The molecule has 0 bridgehead atoms. The van der Waals surface area contributed by atoms with Crippen LogP contribution in [0.4, 0.5) is 0 Å². The number of aromatic amines is 3. The number of fused-ring (bicyclic) bond motifs is 2. The van der Waals surface area contributed by atoms with E-state index in [0.717, 1.165) is 33.3 Å². The van der Waals surface area contributed by atoms with Gasteiger partial charge < -0.3 is 15.0 Å². The van der Waals surface area contributed by atoms with E-state index in [1.54, 1.807) is 6.20 Å². The molecule has 6 aromatic rings. The molecule has 4 heterocycles. The third kappa shape index (κ3) is 4.09. The van der Waals surface area contributed by atoms with Crippen molar-refractivity contribution in [2.45, 2.75) is 13.8 Å². The monoisotopic (exact) mass is 468 g/mol. The van der Waals surface area contributed by atoms with Crippen LogP contribution >= 0.6 is 11.6 Å². The van der Waals surface area contributed by atoms with Crippen molar-refractivity contribution in [3.63, 3.8) is 0 Å². The molecule has 3 N–H and O–H groups in total. The first-order valence-electron chi connectivity index (χ1n) is 10.7. The van der Waals surface area contributed by atoms with Gasteiger partial charge in [0.05, 0.1) is 10.8 Å². The lowest BCUT2D eigenvalue weighted by atomic mass is 10.2. The van der Waals surface area contributed by atoms with E-state index in [2.05, 4.69) is 29.9 Å². The Hall–Kier alpha value is -4.23. The van der Waals surface area contributed by atoms with E-state index in [0.29, 0.717) is 27.8 Å². The van der Waals surface area contributed by atoms with E-state index < -0.39 is 0 Å². The standard InChI is InChI=1S/C13H10ClN3.C13H11N3O/c1-8-7-15-13-10(8)11(14)16-12(17-13)9-5-3-2-4-6-9;1-8-7-14-12-10(8)13(17)16-11(15-12)9-5-3-2-4-6-9/h2-7H,1H3,(H,15,16,17);2-7H,1H3,(H2,14,15,16,17). The van der Waals surface area contributed by atoms with Gasteiger partial charge in [-0.2, -0.15) is 0 Å². The highest BCUT2D eigenvalue weighted by atomic mass is 35.5. The highest BCUT2D eigenvalue weighted by Crippen LogP contribution is 2.26. The fourth-order valence-corrected chi connectivity index (χ4v) is 4.10. The minimum atomic E-state index is -0.104. The van der Waals surface area contributed by atoms with E-state index >= 15 is 0 Å². The Morgan fingerprint density at radius 1 is 0.706 bits per heavy atom.